The standard InChI is InChI=1S/C12H13N3O3/c1-3-4-18-11(15-8-13)9-5-10(7-14-6-9)12(16)17-2/h5-7H,3-4H2,1-2H3. The van der Waals surface area contributed by atoms with Crippen LogP contribution in [0, 0.1) is 11.5 Å². The van der Waals surface area contributed by atoms with Crippen LogP contribution in [0.4, 0.5) is 0 Å². The van der Waals surface area contributed by atoms with Gasteiger partial charge in [-0.2, -0.15) is 5.26 Å². The first-order valence-corrected chi connectivity index (χ1v) is 5.36. The molecule has 6 nitrogen and oxygen atoms in total. The molecule has 0 radical (unpaired) electrons. The molecule has 0 unspecified atom stereocenters. The number of esters is 1. The Hall–Kier alpha value is -2.42. The molecule has 0 aliphatic rings. The zero-order valence-corrected chi connectivity index (χ0v) is 10.2. The third kappa shape index (κ3) is 3.56. The fourth-order valence-corrected chi connectivity index (χ4v) is 1.21. The highest BCUT2D eigenvalue weighted by Gasteiger charge is 2.11. The van der Waals surface area contributed by atoms with E-state index in [1.165, 1.54) is 25.6 Å². The Kier molecular flexibility index (Phi) is 5.32. The van der Waals surface area contributed by atoms with Crippen molar-refractivity contribution in [1.82, 2.24) is 4.98 Å². The number of aliphatic imine (C=N–C) groups is 1. The van der Waals surface area contributed by atoms with Gasteiger partial charge in [0.05, 0.1) is 24.8 Å². The zero-order chi connectivity index (χ0) is 13.4. The van der Waals surface area contributed by atoms with Crippen molar-refractivity contribution in [2.45, 2.75) is 13.3 Å². The summed E-state index contributed by atoms with van der Waals surface area (Å²) in [4.78, 5) is 18.8. The first kappa shape index (κ1) is 13.6. The van der Waals surface area contributed by atoms with Crippen LogP contribution in [0.25, 0.3) is 0 Å². The Morgan fingerprint density at radius 3 is 2.83 bits per heavy atom. The average molecular weight is 247 g/mol. The van der Waals surface area contributed by atoms with Gasteiger partial charge in [0.2, 0.25) is 12.1 Å². The first-order valence-electron chi connectivity index (χ1n) is 5.36. The third-order valence-electron chi connectivity index (χ3n) is 2.00. The Labute approximate surface area is 105 Å². The molecule has 18 heavy (non-hydrogen) atoms. The number of ether oxygens (including phenoxy) is 2. The Balaban J connectivity index is 3.03. The number of aromatic nitrogens is 1. The molecule has 0 fully saturated rings. The van der Waals surface area contributed by atoms with Crippen LogP contribution >= 0.6 is 0 Å². The number of nitrogens with zero attached hydrogens (tertiary/aromatic N) is 3. The Bertz CT molecular complexity index is 492. The highest BCUT2D eigenvalue weighted by Crippen LogP contribution is 2.07. The van der Waals surface area contributed by atoms with E-state index in [0.29, 0.717) is 12.2 Å². The highest BCUT2D eigenvalue weighted by atomic mass is 16.5. The lowest BCUT2D eigenvalue weighted by molar-refractivity contribution is 0.0600. The van der Waals surface area contributed by atoms with Crippen LogP contribution in [0.15, 0.2) is 23.5 Å². The first-order chi connectivity index (χ1) is 8.72. The summed E-state index contributed by atoms with van der Waals surface area (Å²) in [5.74, 6) is -0.353. The van der Waals surface area contributed by atoms with Crippen molar-refractivity contribution in [3.63, 3.8) is 0 Å². The predicted molar refractivity (Wildman–Crippen MR) is 64.0 cm³/mol. The van der Waals surface area contributed by atoms with E-state index in [9.17, 15) is 4.79 Å². The number of carbonyl (C=O) groups excluding carboxylic acids is 1. The van der Waals surface area contributed by atoms with Crippen molar-refractivity contribution in [2.75, 3.05) is 13.7 Å². The molecule has 1 rings (SSSR count). The molecule has 0 saturated heterocycles. The molecule has 94 valence electrons. The number of nitriles is 1. The quantitative estimate of drug-likeness (QED) is 0.348. The fraction of sp³-hybridized carbons (Fsp3) is 0.333. The number of methoxy groups -OCH3 is 1. The molecule has 0 aliphatic carbocycles. The molecule has 1 aromatic heterocycles. The SMILES string of the molecule is CCCOC(=NC#N)c1cncc(C(=O)OC)c1. The maximum atomic E-state index is 11.4. The second kappa shape index (κ2) is 7.01. The van der Waals surface area contributed by atoms with E-state index >= 15 is 0 Å². The van der Waals surface area contributed by atoms with Crippen LogP contribution in [0.2, 0.25) is 0 Å². The summed E-state index contributed by atoms with van der Waals surface area (Å²) in [6.07, 6.45) is 5.29. The second-order valence-corrected chi connectivity index (χ2v) is 3.32. The van der Waals surface area contributed by atoms with Gasteiger partial charge < -0.3 is 9.47 Å². The minimum absolute atomic E-state index is 0.151. The van der Waals surface area contributed by atoms with Crippen molar-refractivity contribution in [2.24, 2.45) is 4.99 Å². The van der Waals surface area contributed by atoms with Crippen molar-refractivity contribution < 1.29 is 14.3 Å². The molecule has 0 spiro atoms. The van der Waals surface area contributed by atoms with E-state index in [1.807, 2.05) is 6.92 Å². The van der Waals surface area contributed by atoms with Gasteiger partial charge in [-0.05, 0) is 12.5 Å². The molecular weight excluding hydrogens is 234 g/mol. The number of hydrogen-bond acceptors (Lipinski definition) is 6. The summed E-state index contributed by atoms with van der Waals surface area (Å²) in [7, 11) is 1.28. The third-order valence-corrected chi connectivity index (χ3v) is 2.00. The molecule has 0 N–H and O–H groups in total. The highest BCUT2D eigenvalue weighted by molar-refractivity contribution is 5.97. The van der Waals surface area contributed by atoms with E-state index in [0.717, 1.165) is 6.42 Å². The smallest absolute Gasteiger partial charge is 0.339 e. The van der Waals surface area contributed by atoms with E-state index in [1.54, 1.807) is 6.19 Å². The lowest BCUT2D eigenvalue weighted by Crippen LogP contribution is -2.10. The second-order valence-electron chi connectivity index (χ2n) is 3.32. The van der Waals surface area contributed by atoms with Crippen molar-refractivity contribution in [3.05, 3.63) is 29.6 Å². The van der Waals surface area contributed by atoms with Gasteiger partial charge in [-0.1, -0.05) is 6.92 Å². The van der Waals surface area contributed by atoms with Gasteiger partial charge >= 0.3 is 5.97 Å². The van der Waals surface area contributed by atoms with Gasteiger partial charge in [-0.3, -0.25) is 4.98 Å². The van der Waals surface area contributed by atoms with Gasteiger partial charge in [0, 0.05) is 12.4 Å². The Morgan fingerprint density at radius 2 is 2.22 bits per heavy atom. The number of hydrogen-bond donors (Lipinski definition) is 0. The lowest BCUT2D eigenvalue weighted by atomic mass is 10.2. The van der Waals surface area contributed by atoms with E-state index in [-0.39, 0.29) is 11.5 Å². The minimum Gasteiger partial charge on any atom is -0.477 e. The monoisotopic (exact) mass is 247 g/mol. The maximum Gasteiger partial charge on any atom is 0.339 e. The molecule has 0 bridgehead atoms. The number of carbonyl (C=O) groups is 1. The van der Waals surface area contributed by atoms with E-state index in [4.69, 9.17) is 10.00 Å². The molecule has 0 saturated carbocycles. The minimum atomic E-state index is -0.504. The summed E-state index contributed by atoms with van der Waals surface area (Å²) >= 11 is 0. The van der Waals surface area contributed by atoms with E-state index < -0.39 is 5.97 Å². The van der Waals surface area contributed by atoms with Crippen LogP contribution in [-0.4, -0.2) is 30.6 Å². The molecular formula is C12H13N3O3. The Morgan fingerprint density at radius 1 is 1.50 bits per heavy atom. The van der Waals surface area contributed by atoms with Crippen molar-refractivity contribution in [3.8, 4) is 6.19 Å². The summed E-state index contributed by atoms with van der Waals surface area (Å²) in [5.41, 5.74) is 0.744. The normalized spacial score (nSPS) is 10.6. The maximum absolute atomic E-state index is 11.4. The van der Waals surface area contributed by atoms with Crippen LogP contribution < -0.4 is 0 Å². The van der Waals surface area contributed by atoms with Crippen LogP contribution in [0.1, 0.15) is 29.3 Å². The molecule has 0 aliphatic heterocycles. The lowest BCUT2D eigenvalue weighted by Gasteiger charge is -2.07. The summed E-state index contributed by atoms with van der Waals surface area (Å²) in [6, 6.07) is 1.52. The van der Waals surface area contributed by atoms with Gasteiger partial charge in [0.1, 0.15) is 0 Å². The predicted octanol–water partition coefficient (Wildman–Crippen LogP) is 1.52. The fourth-order valence-electron chi connectivity index (χ4n) is 1.21. The average Bonchev–Trinajstić information content (AvgIpc) is 2.42. The van der Waals surface area contributed by atoms with Crippen molar-refractivity contribution >= 4 is 11.9 Å². The van der Waals surface area contributed by atoms with Gasteiger partial charge in [-0.15, -0.1) is 4.99 Å². The van der Waals surface area contributed by atoms with Gasteiger partial charge in [0.15, 0.2) is 0 Å². The molecule has 1 heterocycles. The summed E-state index contributed by atoms with van der Waals surface area (Å²) < 4.78 is 9.91. The van der Waals surface area contributed by atoms with Crippen LogP contribution in [0.5, 0.6) is 0 Å². The summed E-state index contributed by atoms with van der Waals surface area (Å²) in [6.45, 7) is 2.37. The molecule has 6 heteroatoms. The van der Waals surface area contributed by atoms with E-state index in [2.05, 4.69) is 14.7 Å². The number of rotatable bonds is 4. The number of pyridine rings is 1. The molecule has 0 amide bonds. The van der Waals surface area contributed by atoms with Gasteiger partial charge in [0.25, 0.3) is 0 Å². The molecule has 1 aromatic rings. The van der Waals surface area contributed by atoms with Crippen LogP contribution in [0.3, 0.4) is 0 Å². The van der Waals surface area contributed by atoms with Crippen LogP contribution in [-0.2, 0) is 9.47 Å². The summed E-state index contributed by atoms with van der Waals surface area (Å²) in [5, 5.41) is 8.59. The largest absolute Gasteiger partial charge is 0.477 e. The van der Waals surface area contributed by atoms with Crippen molar-refractivity contribution in [1.29, 1.82) is 5.26 Å². The molecule has 0 atom stereocenters. The topological polar surface area (TPSA) is 84.6 Å². The zero-order valence-electron chi connectivity index (χ0n) is 10.2. The molecule has 0 aromatic carbocycles. The van der Waals surface area contributed by atoms with Gasteiger partial charge in [-0.25, -0.2) is 4.79 Å².